The van der Waals surface area contributed by atoms with Crippen LogP contribution in [0.15, 0.2) is 22.7 Å². The van der Waals surface area contributed by atoms with Crippen molar-refractivity contribution in [2.45, 2.75) is 33.2 Å². The molecule has 1 N–H and O–H groups in total. The van der Waals surface area contributed by atoms with Crippen LogP contribution in [0.25, 0.3) is 5.57 Å². The Morgan fingerprint density at radius 3 is 2.53 bits per heavy atom. The van der Waals surface area contributed by atoms with Crippen molar-refractivity contribution in [3.63, 3.8) is 0 Å². The van der Waals surface area contributed by atoms with Gasteiger partial charge in [0.1, 0.15) is 0 Å². The monoisotopic (exact) mass is 265 g/mol. The number of anilines is 1. The quantitative estimate of drug-likeness (QED) is 0.735. The van der Waals surface area contributed by atoms with E-state index in [4.69, 9.17) is 0 Å². The smallest absolute Gasteiger partial charge is 0.0505 e. The highest BCUT2D eigenvalue weighted by Crippen LogP contribution is 2.36. The van der Waals surface area contributed by atoms with Crippen molar-refractivity contribution >= 4 is 27.2 Å². The maximum absolute atomic E-state index is 3.58. The molecule has 0 radical (unpaired) electrons. The highest BCUT2D eigenvalue weighted by atomic mass is 79.9. The van der Waals surface area contributed by atoms with Crippen LogP contribution < -0.4 is 5.32 Å². The number of nitrogens with one attached hydrogen (secondary N) is 1. The van der Waals surface area contributed by atoms with E-state index >= 15 is 0 Å². The maximum Gasteiger partial charge on any atom is 0.0505 e. The summed E-state index contributed by atoms with van der Waals surface area (Å²) in [6.07, 6.45) is 2.27. The first kappa shape index (κ1) is 10.7. The SMILES string of the molecule is CC1=CC(C)(C)Nc2cc(C)c(Br)cc21. The summed E-state index contributed by atoms with van der Waals surface area (Å²) in [7, 11) is 0. The molecule has 2 heteroatoms. The minimum absolute atomic E-state index is 0.0529. The maximum atomic E-state index is 3.58. The van der Waals surface area contributed by atoms with Gasteiger partial charge in [0.25, 0.3) is 0 Å². The van der Waals surface area contributed by atoms with E-state index in [0.29, 0.717) is 0 Å². The van der Waals surface area contributed by atoms with Crippen LogP contribution in [0.3, 0.4) is 0 Å². The molecular formula is C13H16BrN. The fourth-order valence-corrected chi connectivity index (χ4v) is 2.46. The predicted octanol–water partition coefficient (Wildman–Crippen LogP) is 4.36. The third-order valence-electron chi connectivity index (χ3n) is 2.76. The van der Waals surface area contributed by atoms with E-state index in [1.807, 2.05) is 0 Å². The highest BCUT2D eigenvalue weighted by molar-refractivity contribution is 9.10. The summed E-state index contributed by atoms with van der Waals surface area (Å²) in [6, 6.07) is 4.40. The molecule has 0 atom stereocenters. The van der Waals surface area contributed by atoms with Crippen LogP contribution in [0.4, 0.5) is 5.69 Å². The Balaban J connectivity index is 2.61. The van der Waals surface area contributed by atoms with Crippen LogP contribution in [0.1, 0.15) is 31.9 Å². The first-order valence-corrected chi connectivity index (χ1v) is 5.96. The van der Waals surface area contributed by atoms with Gasteiger partial charge in [0.05, 0.1) is 5.54 Å². The van der Waals surface area contributed by atoms with Crippen LogP contribution >= 0.6 is 15.9 Å². The Hall–Kier alpha value is -0.760. The lowest BCUT2D eigenvalue weighted by Crippen LogP contribution is -2.31. The first-order chi connectivity index (χ1) is 6.89. The minimum Gasteiger partial charge on any atom is -0.376 e. The molecule has 1 nitrogen and oxygen atoms in total. The Bertz CT molecular complexity index is 444. The Morgan fingerprint density at radius 2 is 1.87 bits per heavy atom. The van der Waals surface area contributed by atoms with Gasteiger partial charge in [-0.2, -0.15) is 0 Å². The van der Waals surface area contributed by atoms with Gasteiger partial charge in [0, 0.05) is 15.7 Å². The van der Waals surface area contributed by atoms with E-state index in [1.54, 1.807) is 0 Å². The van der Waals surface area contributed by atoms with Crippen LogP contribution in [0, 0.1) is 6.92 Å². The highest BCUT2D eigenvalue weighted by Gasteiger charge is 2.22. The second-order valence-electron chi connectivity index (χ2n) is 4.82. The molecule has 0 unspecified atom stereocenters. The van der Waals surface area contributed by atoms with Crippen LogP contribution in [-0.2, 0) is 0 Å². The van der Waals surface area contributed by atoms with Gasteiger partial charge in [-0.15, -0.1) is 0 Å². The summed E-state index contributed by atoms with van der Waals surface area (Å²) in [4.78, 5) is 0. The molecule has 2 rings (SSSR count). The molecule has 0 saturated carbocycles. The third kappa shape index (κ3) is 1.96. The number of allylic oxidation sites excluding steroid dienone is 1. The number of benzene rings is 1. The molecule has 0 aromatic heterocycles. The number of halogens is 1. The molecular weight excluding hydrogens is 250 g/mol. The number of rotatable bonds is 0. The minimum atomic E-state index is 0.0529. The van der Waals surface area contributed by atoms with E-state index in [-0.39, 0.29) is 5.54 Å². The van der Waals surface area contributed by atoms with E-state index in [0.717, 1.165) is 0 Å². The molecule has 0 spiro atoms. The predicted molar refractivity (Wildman–Crippen MR) is 70.2 cm³/mol. The number of fused-ring (bicyclic) bond motifs is 1. The fraction of sp³-hybridized carbons (Fsp3) is 0.385. The van der Waals surface area contributed by atoms with Gasteiger partial charge in [-0.3, -0.25) is 0 Å². The average Bonchev–Trinajstić information content (AvgIpc) is 2.07. The largest absolute Gasteiger partial charge is 0.376 e. The summed E-state index contributed by atoms with van der Waals surface area (Å²) in [5, 5.41) is 3.54. The lowest BCUT2D eigenvalue weighted by molar-refractivity contribution is 0.707. The van der Waals surface area contributed by atoms with Gasteiger partial charge in [0.15, 0.2) is 0 Å². The molecule has 1 aromatic carbocycles. The second kappa shape index (κ2) is 3.38. The first-order valence-electron chi connectivity index (χ1n) is 5.17. The lowest BCUT2D eigenvalue weighted by Gasteiger charge is -2.31. The Labute approximate surface area is 99.7 Å². The second-order valence-corrected chi connectivity index (χ2v) is 5.68. The summed E-state index contributed by atoms with van der Waals surface area (Å²) >= 11 is 3.58. The summed E-state index contributed by atoms with van der Waals surface area (Å²) in [5.74, 6) is 0. The van der Waals surface area contributed by atoms with Crippen molar-refractivity contribution in [1.29, 1.82) is 0 Å². The molecule has 0 fully saturated rings. The van der Waals surface area contributed by atoms with Crippen molar-refractivity contribution < 1.29 is 0 Å². The Morgan fingerprint density at radius 1 is 1.20 bits per heavy atom. The van der Waals surface area contributed by atoms with E-state index in [1.165, 1.54) is 26.9 Å². The van der Waals surface area contributed by atoms with E-state index < -0.39 is 0 Å². The third-order valence-corrected chi connectivity index (χ3v) is 3.61. The van der Waals surface area contributed by atoms with Crippen LogP contribution in [0.2, 0.25) is 0 Å². The molecule has 15 heavy (non-hydrogen) atoms. The molecule has 0 bridgehead atoms. The molecule has 1 aliphatic rings. The fourth-order valence-electron chi connectivity index (χ4n) is 2.11. The zero-order valence-electron chi connectivity index (χ0n) is 9.61. The zero-order chi connectivity index (χ0) is 11.2. The number of hydrogen-bond donors (Lipinski definition) is 1. The summed E-state index contributed by atoms with van der Waals surface area (Å²) in [6.45, 7) is 8.67. The van der Waals surface area contributed by atoms with Crippen LogP contribution in [0.5, 0.6) is 0 Å². The van der Waals surface area contributed by atoms with Gasteiger partial charge in [-0.1, -0.05) is 22.0 Å². The van der Waals surface area contributed by atoms with Gasteiger partial charge in [0.2, 0.25) is 0 Å². The van der Waals surface area contributed by atoms with E-state index in [9.17, 15) is 0 Å². The molecule has 1 heterocycles. The lowest BCUT2D eigenvalue weighted by atomic mass is 9.91. The summed E-state index contributed by atoms with van der Waals surface area (Å²) in [5.41, 5.74) is 5.20. The van der Waals surface area contributed by atoms with Crippen molar-refractivity contribution in [2.24, 2.45) is 0 Å². The van der Waals surface area contributed by atoms with Crippen molar-refractivity contribution in [1.82, 2.24) is 0 Å². The molecule has 0 amide bonds. The molecule has 80 valence electrons. The number of hydrogen-bond acceptors (Lipinski definition) is 1. The zero-order valence-corrected chi connectivity index (χ0v) is 11.2. The van der Waals surface area contributed by atoms with Gasteiger partial charge in [-0.25, -0.2) is 0 Å². The van der Waals surface area contributed by atoms with E-state index in [2.05, 4.69) is 67.2 Å². The number of aryl methyl sites for hydroxylation is 1. The Kier molecular flexibility index (Phi) is 2.42. The summed E-state index contributed by atoms with van der Waals surface area (Å²) < 4.78 is 1.18. The molecule has 0 saturated heterocycles. The van der Waals surface area contributed by atoms with Gasteiger partial charge < -0.3 is 5.32 Å². The topological polar surface area (TPSA) is 12.0 Å². The molecule has 0 aliphatic carbocycles. The normalized spacial score (nSPS) is 17.8. The average molecular weight is 266 g/mol. The van der Waals surface area contributed by atoms with Crippen LogP contribution in [-0.4, -0.2) is 5.54 Å². The standard InChI is InChI=1S/C13H16BrN/c1-8-5-12-10(6-11(8)14)9(2)7-13(3,4)15-12/h5-7,15H,1-4H3. The molecule has 1 aromatic rings. The van der Waals surface area contributed by atoms with Crippen molar-refractivity contribution in [3.8, 4) is 0 Å². The van der Waals surface area contributed by atoms with Crippen molar-refractivity contribution in [2.75, 3.05) is 5.32 Å². The van der Waals surface area contributed by atoms with Gasteiger partial charge >= 0.3 is 0 Å². The van der Waals surface area contributed by atoms with Crippen molar-refractivity contribution in [3.05, 3.63) is 33.8 Å². The van der Waals surface area contributed by atoms with Gasteiger partial charge in [-0.05, 0) is 51.0 Å². The molecule has 1 aliphatic heterocycles.